The van der Waals surface area contributed by atoms with Crippen LogP contribution in [0, 0.1) is 0 Å². The third-order valence-electron chi connectivity index (χ3n) is 4.19. The molecule has 3 N–H and O–H groups in total. The van der Waals surface area contributed by atoms with Gasteiger partial charge < -0.3 is 15.4 Å². The summed E-state index contributed by atoms with van der Waals surface area (Å²) >= 11 is 7.67. The van der Waals surface area contributed by atoms with Gasteiger partial charge in [0.25, 0.3) is 0 Å². The van der Waals surface area contributed by atoms with E-state index in [0.29, 0.717) is 33.5 Å². The summed E-state index contributed by atoms with van der Waals surface area (Å²) in [6.07, 6.45) is 3.22. The molecule has 0 spiro atoms. The number of methoxy groups -OCH3 is 1. The van der Waals surface area contributed by atoms with Gasteiger partial charge in [-0.2, -0.15) is 5.10 Å². The average molecular weight is 441 g/mol. The van der Waals surface area contributed by atoms with Crippen LogP contribution in [-0.2, 0) is 5.75 Å². The first kappa shape index (κ1) is 20.0. The minimum Gasteiger partial charge on any atom is -0.493 e. The maximum atomic E-state index is 12.4. The van der Waals surface area contributed by atoms with Gasteiger partial charge in [-0.15, -0.1) is 11.8 Å². The fourth-order valence-electron chi connectivity index (χ4n) is 2.85. The van der Waals surface area contributed by atoms with Crippen LogP contribution >= 0.6 is 23.4 Å². The highest BCUT2D eigenvalue weighted by molar-refractivity contribution is 7.98. The Balaban J connectivity index is 1.41. The molecule has 2 aromatic heterocycles. The molecule has 2 heterocycles. The Morgan fingerprint density at radius 1 is 1.20 bits per heavy atom. The van der Waals surface area contributed by atoms with E-state index in [0.717, 1.165) is 16.0 Å². The first-order chi connectivity index (χ1) is 14.6. The summed E-state index contributed by atoms with van der Waals surface area (Å²) in [4.78, 5) is 20.9. The second-order valence-corrected chi connectivity index (χ2v) is 7.57. The van der Waals surface area contributed by atoms with Crippen molar-refractivity contribution in [1.29, 1.82) is 0 Å². The molecular formula is C20H17ClN6O2S. The molecular weight excluding hydrogens is 424 g/mol. The number of H-pyrrole nitrogens is 1. The summed E-state index contributed by atoms with van der Waals surface area (Å²) in [6, 6.07) is 12.4. The predicted octanol–water partition coefficient (Wildman–Crippen LogP) is 4.95. The highest BCUT2D eigenvalue weighted by Crippen LogP contribution is 2.32. The molecule has 4 rings (SSSR count). The molecule has 8 nitrogen and oxygen atoms in total. The molecule has 0 saturated carbocycles. The summed E-state index contributed by atoms with van der Waals surface area (Å²) in [5, 5.41) is 14.6. The highest BCUT2D eigenvalue weighted by atomic mass is 35.5. The molecule has 0 radical (unpaired) electrons. The molecule has 0 aliphatic heterocycles. The molecule has 2 amide bonds. The second kappa shape index (κ2) is 9.02. The van der Waals surface area contributed by atoms with E-state index < -0.39 is 6.03 Å². The van der Waals surface area contributed by atoms with E-state index in [2.05, 4.69) is 30.8 Å². The number of benzene rings is 2. The molecule has 0 fully saturated rings. The van der Waals surface area contributed by atoms with E-state index >= 15 is 0 Å². The first-order valence-electron chi connectivity index (χ1n) is 8.90. The van der Waals surface area contributed by atoms with Gasteiger partial charge in [0.2, 0.25) is 0 Å². The van der Waals surface area contributed by atoms with Gasteiger partial charge in [0, 0.05) is 11.4 Å². The number of amides is 2. The standard InChI is InChI=1S/C20H17ClN6O2S/c1-29-17-15(21)6-3-7-16(17)26-20(28)25-13-5-2-4-12(8-13)10-30-19-14-9-24-27-18(14)22-11-23-19/h2-9,11H,10H2,1H3,(H2,25,26,28)(H,22,23,24,27). The van der Waals surface area contributed by atoms with Crippen LogP contribution in [0.1, 0.15) is 5.56 Å². The third-order valence-corrected chi connectivity index (χ3v) is 5.57. The summed E-state index contributed by atoms with van der Waals surface area (Å²) in [6.45, 7) is 0. The summed E-state index contributed by atoms with van der Waals surface area (Å²) in [5.41, 5.74) is 2.90. The van der Waals surface area contributed by atoms with Gasteiger partial charge >= 0.3 is 6.03 Å². The van der Waals surface area contributed by atoms with Crippen LogP contribution in [0.4, 0.5) is 16.2 Å². The lowest BCUT2D eigenvalue weighted by Crippen LogP contribution is -2.19. The van der Waals surface area contributed by atoms with E-state index in [4.69, 9.17) is 16.3 Å². The van der Waals surface area contributed by atoms with Gasteiger partial charge in [-0.1, -0.05) is 29.8 Å². The number of nitrogens with zero attached hydrogens (tertiary/aromatic N) is 3. The molecule has 4 aromatic rings. The molecule has 0 unspecified atom stereocenters. The van der Waals surface area contributed by atoms with Crippen molar-refractivity contribution in [2.45, 2.75) is 10.8 Å². The lowest BCUT2D eigenvalue weighted by molar-refractivity contribution is 0.262. The van der Waals surface area contributed by atoms with Crippen molar-refractivity contribution in [3.8, 4) is 5.75 Å². The Morgan fingerprint density at radius 2 is 2.07 bits per heavy atom. The van der Waals surface area contributed by atoms with Crippen molar-refractivity contribution in [3.63, 3.8) is 0 Å². The number of carbonyl (C=O) groups is 1. The average Bonchev–Trinajstić information content (AvgIpc) is 3.22. The topological polar surface area (TPSA) is 105 Å². The zero-order chi connectivity index (χ0) is 20.9. The molecule has 0 aliphatic rings. The number of aromatic amines is 1. The maximum Gasteiger partial charge on any atom is 0.323 e. The fourth-order valence-corrected chi connectivity index (χ4v) is 4.01. The van der Waals surface area contributed by atoms with E-state index in [1.54, 1.807) is 36.2 Å². The SMILES string of the molecule is COc1c(Cl)cccc1NC(=O)Nc1cccc(CSc2ncnc3[nH]ncc23)c1. The monoisotopic (exact) mass is 440 g/mol. The van der Waals surface area contributed by atoms with Crippen LogP contribution in [0.2, 0.25) is 5.02 Å². The number of hydrogen-bond acceptors (Lipinski definition) is 6. The van der Waals surface area contributed by atoms with Crippen molar-refractivity contribution in [2.75, 3.05) is 17.7 Å². The maximum absolute atomic E-state index is 12.4. The van der Waals surface area contributed by atoms with Crippen LogP contribution in [0.25, 0.3) is 11.0 Å². The van der Waals surface area contributed by atoms with Crippen molar-refractivity contribution < 1.29 is 9.53 Å². The number of para-hydroxylation sites is 1. The van der Waals surface area contributed by atoms with Gasteiger partial charge in [0.1, 0.15) is 11.4 Å². The van der Waals surface area contributed by atoms with Crippen molar-refractivity contribution in [3.05, 3.63) is 65.6 Å². The quantitative estimate of drug-likeness (QED) is 0.289. The number of ether oxygens (including phenoxy) is 1. The van der Waals surface area contributed by atoms with E-state index in [9.17, 15) is 4.79 Å². The number of hydrogen-bond donors (Lipinski definition) is 3. The number of fused-ring (bicyclic) bond motifs is 1. The van der Waals surface area contributed by atoms with E-state index in [1.165, 1.54) is 13.4 Å². The van der Waals surface area contributed by atoms with Gasteiger partial charge in [-0.3, -0.25) is 5.10 Å². The predicted molar refractivity (Wildman–Crippen MR) is 118 cm³/mol. The number of nitrogens with one attached hydrogen (secondary N) is 3. The normalized spacial score (nSPS) is 10.7. The van der Waals surface area contributed by atoms with Gasteiger partial charge in [-0.25, -0.2) is 14.8 Å². The zero-order valence-electron chi connectivity index (χ0n) is 15.8. The molecule has 0 bridgehead atoms. The number of aromatic nitrogens is 4. The molecule has 0 aliphatic carbocycles. The number of anilines is 2. The Kier molecular flexibility index (Phi) is 6.01. The number of carbonyl (C=O) groups excluding carboxylic acids is 1. The summed E-state index contributed by atoms with van der Waals surface area (Å²) in [7, 11) is 1.50. The number of halogens is 1. The van der Waals surface area contributed by atoms with E-state index in [-0.39, 0.29) is 0 Å². The summed E-state index contributed by atoms with van der Waals surface area (Å²) in [5.74, 6) is 1.09. The fraction of sp³-hybridized carbons (Fsp3) is 0.100. The smallest absolute Gasteiger partial charge is 0.323 e. The zero-order valence-corrected chi connectivity index (χ0v) is 17.4. The first-order valence-corrected chi connectivity index (χ1v) is 10.3. The van der Waals surface area contributed by atoms with Crippen molar-refractivity contribution in [1.82, 2.24) is 20.2 Å². The Labute approximate surface area is 181 Å². The van der Waals surface area contributed by atoms with Gasteiger partial charge in [0.15, 0.2) is 11.4 Å². The van der Waals surface area contributed by atoms with Crippen LogP contribution in [0.3, 0.4) is 0 Å². The second-order valence-electron chi connectivity index (χ2n) is 6.20. The third kappa shape index (κ3) is 4.47. The molecule has 152 valence electrons. The minimum absolute atomic E-state index is 0.392. The largest absolute Gasteiger partial charge is 0.493 e. The molecule has 0 saturated heterocycles. The molecule has 2 aromatic carbocycles. The highest BCUT2D eigenvalue weighted by Gasteiger charge is 2.11. The lowest BCUT2D eigenvalue weighted by atomic mass is 10.2. The Hall–Kier alpha value is -3.30. The lowest BCUT2D eigenvalue weighted by Gasteiger charge is -2.12. The summed E-state index contributed by atoms with van der Waals surface area (Å²) < 4.78 is 5.25. The Bertz CT molecular complexity index is 1200. The van der Waals surface area contributed by atoms with Gasteiger partial charge in [-0.05, 0) is 29.8 Å². The van der Waals surface area contributed by atoms with Crippen LogP contribution in [-0.4, -0.2) is 33.3 Å². The van der Waals surface area contributed by atoms with E-state index in [1.807, 2.05) is 24.3 Å². The molecule has 0 atom stereocenters. The van der Waals surface area contributed by atoms with Crippen molar-refractivity contribution >= 4 is 51.8 Å². The number of rotatable bonds is 6. The van der Waals surface area contributed by atoms with Crippen LogP contribution in [0.5, 0.6) is 5.75 Å². The van der Waals surface area contributed by atoms with Crippen LogP contribution < -0.4 is 15.4 Å². The minimum atomic E-state index is -0.392. The Morgan fingerprint density at radius 3 is 2.93 bits per heavy atom. The molecule has 10 heteroatoms. The van der Waals surface area contributed by atoms with Gasteiger partial charge in [0.05, 0.1) is 29.4 Å². The van der Waals surface area contributed by atoms with Crippen molar-refractivity contribution in [2.24, 2.45) is 0 Å². The number of urea groups is 1. The molecule has 30 heavy (non-hydrogen) atoms. The van der Waals surface area contributed by atoms with Crippen LogP contribution in [0.15, 0.2) is 60.0 Å². The number of thioether (sulfide) groups is 1.